The Balaban J connectivity index is 0.000000710. The van der Waals surface area contributed by atoms with Crippen LogP contribution in [0.5, 0.6) is 0 Å². The second-order valence-electron chi connectivity index (χ2n) is 9.11. The summed E-state index contributed by atoms with van der Waals surface area (Å²) in [7, 11) is 0. The monoisotopic (exact) mass is 567 g/mol. The number of halogens is 3. The van der Waals surface area contributed by atoms with Gasteiger partial charge in [0.25, 0.3) is 0 Å². The molecule has 0 bridgehead atoms. The predicted molar refractivity (Wildman–Crippen MR) is 157 cm³/mol. The number of alkyl halides is 3. The first kappa shape index (κ1) is 31.2. The van der Waals surface area contributed by atoms with Crippen molar-refractivity contribution < 1.29 is 18.0 Å². The van der Waals surface area contributed by atoms with Crippen LogP contribution in [0.3, 0.4) is 0 Å². The van der Waals surface area contributed by atoms with Crippen LogP contribution in [0.1, 0.15) is 46.4 Å². The maximum Gasteiger partial charge on any atom is 0.405 e. The molecule has 0 atom stereocenters. The molecule has 0 aliphatic heterocycles. The van der Waals surface area contributed by atoms with Gasteiger partial charge in [0.2, 0.25) is 5.91 Å². The van der Waals surface area contributed by atoms with Gasteiger partial charge in [-0.3, -0.25) is 13.9 Å². The quantitative estimate of drug-likeness (QED) is 0.242. The lowest BCUT2D eigenvalue weighted by atomic mass is 10.1. The van der Waals surface area contributed by atoms with E-state index in [1.165, 1.54) is 22.0 Å². The molecule has 0 radical (unpaired) electrons. The fourth-order valence-corrected chi connectivity index (χ4v) is 4.19. The molecule has 3 heterocycles. The highest BCUT2D eigenvalue weighted by Gasteiger charge is 2.28. The van der Waals surface area contributed by atoms with Crippen molar-refractivity contribution >= 4 is 22.5 Å². The predicted octanol–water partition coefficient (Wildman–Crippen LogP) is 6.93. The number of benzene rings is 2. The Hall–Kier alpha value is -4.34. The van der Waals surface area contributed by atoms with Crippen LogP contribution in [-0.2, 0) is 11.3 Å². The van der Waals surface area contributed by atoms with Gasteiger partial charge in [-0.25, -0.2) is 9.78 Å². The van der Waals surface area contributed by atoms with Crippen molar-refractivity contribution in [3.05, 3.63) is 89.4 Å². The fraction of sp³-hybridized carbons (Fsp3) is 0.323. The molecule has 0 aliphatic carbocycles. The molecule has 7 nitrogen and oxygen atoms in total. The molecule has 0 fully saturated rings. The molecule has 0 unspecified atom stereocenters. The number of amides is 1. The first-order valence-corrected chi connectivity index (χ1v) is 13.7. The molecule has 5 aromatic rings. The van der Waals surface area contributed by atoms with E-state index in [0.717, 1.165) is 22.5 Å². The summed E-state index contributed by atoms with van der Waals surface area (Å²) in [5, 5.41) is 1.81. The van der Waals surface area contributed by atoms with Crippen molar-refractivity contribution in [1.82, 2.24) is 23.8 Å². The summed E-state index contributed by atoms with van der Waals surface area (Å²) in [4.78, 5) is 29.8. The number of carbonyl (C=O) groups excluding carboxylic acids is 1. The molecular weight excluding hydrogens is 531 g/mol. The minimum absolute atomic E-state index is 0.447. The maximum atomic E-state index is 13.3. The van der Waals surface area contributed by atoms with Crippen LogP contribution in [0.25, 0.3) is 33.4 Å². The molecule has 218 valence electrons. The molecule has 0 saturated carbocycles. The van der Waals surface area contributed by atoms with E-state index in [2.05, 4.69) is 18.8 Å². The highest BCUT2D eigenvalue weighted by atomic mass is 19.4. The normalized spacial score (nSPS) is 11.0. The fourth-order valence-electron chi connectivity index (χ4n) is 4.19. The summed E-state index contributed by atoms with van der Waals surface area (Å²) in [5.41, 5.74) is 3.91. The van der Waals surface area contributed by atoms with Gasteiger partial charge in [0, 0.05) is 11.8 Å². The Labute approximate surface area is 237 Å². The molecule has 3 aromatic heterocycles. The number of hydrogen-bond acceptors (Lipinski definition) is 3. The Kier molecular flexibility index (Phi) is 10.5. The van der Waals surface area contributed by atoms with Gasteiger partial charge in [0.1, 0.15) is 18.9 Å². The molecule has 41 heavy (non-hydrogen) atoms. The van der Waals surface area contributed by atoms with Gasteiger partial charge in [-0.05, 0) is 42.8 Å². The number of nitrogens with one attached hydrogen (secondary N) is 1. The lowest BCUT2D eigenvalue weighted by Crippen LogP contribution is -2.37. The second kappa shape index (κ2) is 13.8. The smallest absolute Gasteiger partial charge is 0.345 e. The third-order valence-corrected chi connectivity index (χ3v) is 6.32. The number of aromatic nitrogens is 4. The Bertz CT molecular complexity index is 1640. The summed E-state index contributed by atoms with van der Waals surface area (Å²) >= 11 is 0. The topological polar surface area (TPSA) is 73.3 Å². The van der Waals surface area contributed by atoms with Gasteiger partial charge in [0.15, 0.2) is 0 Å². The Morgan fingerprint density at radius 3 is 2.15 bits per heavy atom. The minimum Gasteiger partial charge on any atom is -0.345 e. The van der Waals surface area contributed by atoms with Crippen molar-refractivity contribution in [2.45, 2.75) is 60.2 Å². The molecule has 0 spiro atoms. The van der Waals surface area contributed by atoms with Crippen molar-refractivity contribution in [3.8, 4) is 16.8 Å². The van der Waals surface area contributed by atoms with E-state index < -0.39 is 30.9 Å². The van der Waals surface area contributed by atoms with Crippen molar-refractivity contribution in [2.24, 2.45) is 0 Å². The van der Waals surface area contributed by atoms with Gasteiger partial charge in [0.05, 0.1) is 28.4 Å². The van der Waals surface area contributed by atoms with Crippen molar-refractivity contribution in [2.75, 3.05) is 6.54 Å². The number of nitrogens with zero attached hydrogens (tertiary/aromatic N) is 4. The van der Waals surface area contributed by atoms with Gasteiger partial charge < -0.3 is 9.72 Å². The van der Waals surface area contributed by atoms with Crippen LogP contribution in [0.2, 0.25) is 0 Å². The molecule has 1 amide bonds. The highest BCUT2D eigenvalue weighted by molar-refractivity contribution is 5.83. The van der Waals surface area contributed by atoms with E-state index in [-0.39, 0.29) is 0 Å². The molecule has 0 saturated heterocycles. The van der Waals surface area contributed by atoms with Crippen molar-refractivity contribution in [1.29, 1.82) is 0 Å². The Morgan fingerprint density at radius 2 is 1.54 bits per heavy atom. The number of carbonyl (C=O) groups is 1. The highest BCUT2D eigenvalue weighted by Crippen LogP contribution is 2.27. The van der Waals surface area contributed by atoms with Crippen LogP contribution in [0, 0.1) is 6.92 Å². The molecule has 10 heteroatoms. The lowest BCUT2D eigenvalue weighted by Gasteiger charge is -2.09. The summed E-state index contributed by atoms with van der Waals surface area (Å²) in [6.45, 7) is 8.30. The molecule has 0 aliphatic rings. The number of imidazole rings is 2. The second-order valence-corrected chi connectivity index (χ2v) is 9.11. The zero-order valence-corrected chi connectivity index (χ0v) is 24.0. The third kappa shape index (κ3) is 7.25. The van der Waals surface area contributed by atoms with Crippen LogP contribution < -0.4 is 11.0 Å². The van der Waals surface area contributed by atoms with E-state index in [1.54, 1.807) is 42.6 Å². The third-order valence-electron chi connectivity index (χ3n) is 6.32. The first-order valence-electron chi connectivity index (χ1n) is 13.7. The molecule has 1 N–H and O–H groups in total. The number of rotatable bonds is 6. The van der Waals surface area contributed by atoms with E-state index in [4.69, 9.17) is 0 Å². The SMILES string of the molecule is CC.CCCC.Cc1ncc2c(-c3ccc(-n4c(=O)n(CC(=O)NCC(F)(F)F)c5ccccc54)cc3)cccn12. The van der Waals surface area contributed by atoms with Crippen molar-refractivity contribution in [3.63, 3.8) is 0 Å². The number of hydrogen-bond donors (Lipinski definition) is 1. The van der Waals surface area contributed by atoms with Gasteiger partial charge >= 0.3 is 11.9 Å². The van der Waals surface area contributed by atoms with Crippen LogP contribution in [0.15, 0.2) is 77.9 Å². The summed E-state index contributed by atoms with van der Waals surface area (Å²) in [6, 6.07) is 18.1. The zero-order chi connectivity index (χ0) is 30.2. The zero-order valence-electron chi connectivity index (χ0n) is 24.0. The Morgan fingerprint density at radius 1 is 0.902 bits per heavy atom. The number of fused-ring (bicyclic) bond motifs is 2. The summed E-state index contributed by atoms with van der Waals surface area (Å²) in [6.07, 6.45) is 1.85. The largest absolute Gasteiger partial charge is 0.405 e. The van der Waals surface area contributed by atoms with Gasteiger partial charge in [-0.15, -0.1) is 0 Å². The van der Waals surface area contributed by atoms with Crippen LogP contribution in [-0.4, -0.2) is 37.1 Å². The lowest BCUT2D eigenvalue weighted by molar-refractivity contribution is -0.138. The molecular formula is C31H36F3N5O2. The van der Waals surface area contributed by atoms with E-state index in [0.29, 0.717) is 16.7 Å². The molecule has 5 rings (SSSR count). The number of para-hydroxylation sites is 2. The maximum absolute atomic E-state index is 13.3. The summed E-state index contributed by atoms with van der Waals surface area (Å²) < 4.78 is 42.0. The molecule has 2 aromatic carbocycles. The van der Waals surface area contributed by atoms with Gasteiger partial charge in [-0.2, -0.15) is 13.2 Å². The number of pyridine rings is 1. The van der Waals surface area contributed by atoms with E-state index >= 15 is 0 Å². The van der Waals surface area contributed by atoms with E-state index in [1.807, 2.05) is 61.0 Å². The minimum atomic E-state index is -4.53. The number of aryl methyl sites for hydroxylation is 1. The van der Waals surface area contributed by atoms with Crippen LogP contribution >= 0.6 is 0 Å². The van der Waals surface area contributed by atoms with Crippen LogP contribution in [0.4, 0.5) is 13.2 Å². The standard InChI is InChI=1S/C25H20F3N5O2.C4H10.C2H6/c1-16-29-13-22-19(5-4-12-31(16)22)17-8-10-18(11-9-17)33-21-7-3-2-6-20(21)32(24(33)35)14-23(34)30-15-25(26,27)28;1-3-4-2;1-2/h2-13H,14-15H2,1H3,(H,30,34);3-4H2,1-2H3;1-2H3. The van der Waals surface area contributed by atoms with Gasteiger partial charge in [-0.1, -0.05) is 70.9 Å². The number of unbranched alkanes of at least 4 members (excludes halogenated alkanes) is 1. The summed E-state index contributed by atoms with van der Waals surface area (Å²) in [5.74, 6) is -0.0241. The van der Waals surface area contributed by atoms with E-state index in [9.17, 15) is 22.8 Å². The average molecular weight is 568 g/mol. The average Bonchev–Trinajstić information content (AvgIpc) is 3.49. The first-order chi connectivity index (χ1) is 19.6.